The van der Waals surface area contributed by atoms with Gasteiger partial charge in [-0.05, 0) is 5.92 Å². The maximum Gasteiger partial charge on any atom is 0.338 e. The van der Waals surface area contributed by atoms with Gasteiger partial charge in [0.2, 0.25) is 0 Å². The van der Waals surface area contributed by atoms with Crippen LogP contribution in [0.1, 0.15) is 39.8 Å². The Morgan fingerprint density at radius 3 is 2.76 bits per heavy atom. The minimum atomic E-state index is -0.683. The van der Waals surface area contributed by atoms with Crippen LogP contribution < -0.4 is 5.63 Å². The van der Waals surface area contributed by atoms with E-state index in [0.717, 1.165) is 6.07 Å². The molecule has 1 aliphatic carbocycles. The van der Waals surface area contributed by atoms with Crippen LogP contribution in [0, 0.1) is 5.92 Å². The number of carbonyl (C=O) groups excluding carboxylic acids is 2. The van der Waals surface area contributed by atoms with Crippen molar-refractivity contribution in [3.8, 4) is 0 Å². The lowest BCUT2D eigenvalue weighted by Crippen LogP contribution is -2.24. The van der Waals surface area contributed by atoms with Crippen LogP contribution in [-0.4, -0.2) is 18.9 Å². The maximum atomic E-state index is 11.9. The van der Waals surface area contributed by atoms with Crippen molar-refractivity contribution in [2.24, 2.45) is 5.92 Å². The highest BCUT2D eigenvalue weighted by Crippen LogP contribution is 2.27. The first-order chi connectivity index (χ1) is 8.02. The van der Waals surface area contributed by atoms with Crippen LogP contribution in [0.15, 0.2) is 15.3 Å². The van der Waals surface area contributed by atoms with E-state index < -0.39 is 11.6 Å². The molecule has 1 aromatic rings. The number of rotatable bonds is 1. The number of fused-ring (bicyclic) bond motifs is 1. The fraction of sp³-hybridized carbons (Fsp3) is 0.417. The fourth-order valence-corrected chi connectivity index (χ4v) is 2.07. The molecule has 0 aliphatic heterocycles. The Morgan fingerprint density at radius 1 is 1.41 bits per heavy atom. The standard InChI is InChI=1S/C12H12O5/c1-6-3-8(13)11-7(12(15)16-2)5-10(14)17-9(11)4-6/h5-6H,3-4H2,1-2H3. The summed E-state index contributed by atoms with van der Waals surface area (Å²) in [5.74, 6) is -0.451. The van der Waals surface area contributed by atoms with Crippen LogP contribution in [0.5, 0.6) is 0 Å². The summed E-state index contributed by atoms with van der Waals surface area (Å²) < 4.78 is 9.55. The Hall–Kier alpha value is -1.91. The highest BCUT2D eigenvalue weighted by molar-refractivity contribution is 6.07. The van der Waals surface area contributed by atoms with Gasteiger partial charge < -0.3 is 9.15 Å². The Kier molecular flexibility index (Phi) is 2.83. The second kappa shape index (κ2) is 4.16. The number of hydrogen-bond acceptors (Lipinski definition) is 5. The summed E-state index contributed by atoms with van der Waals surface area (Å²) in [5, 5.41) is 0. The van der Waals surface area contributed by atoms with Gasteiger partial charge in [-0.15, -0.1) is 0 Å². The molecule has 1 aliphatic rings. The number of methoxy groups -OCH3 is 1. The van der Waals surface area contributed by atoms with Crippen LogP contribution in [0.2, 0.25) is 0 Å². The summed E-state index contributed by atoms with van der Waals surface area (Å²) in [6, 6.07) is 1.01. The van der Waals surface area contributed by atoms with Gasteiger partial charge in [0, 0.05) is 18.9 Å². The third kappa shape index (κ3) is 2.00. The largest absolute Gasteiger partial charge is 0.465 e. The van der Waals surface area contributed by atoms with E-state index in [4.69, 9.17) is 4.42 Å². The zero-order valence-corrected chi connectivity index (χ0v) is 9.61. The van der Waals surface area contributed by atoms with Crippen molar-refractivity contribution in [3.63, 3.8) is 0 Å². The average molecular weight is 236 g/mol. The van der Waals surface area contributed by atoms with Gasteiger partial charge in [0.15, 0.2) is 5.78 Å². The van der Waals surface area contributed by atoms with Crippen molar-refractivity contribution in [3.05, 3.63) is 33.4 Å². The van der Waals surface area contributed by atoms with Gasteiger partial charge in [0.1, 0.15) is 5.76 Å². The van der Waals surface area contributed by atoms with Gasteiger partial charge in [-0.3, -0.25) is 4.79 Å². The number of ketones is 1. The molecule has 1 heterocycles. The molecular formula is C12H12O5. The van der Waals surface area contributed by atoms with Gasteiger partial charge in [-0.2, -0.15) is 0 Å². The van der Waals surface area contributed by atoms with E-state index in [-0.39, 0.29) is 22.8 Å². The molecule has 0 radical (unpaired) electrons. The number of ether oxygens (including phenoxy) is 1. The third-order valence-electron chi connectivity index (χ3n) is 2.79. The van der Waals surface area contributed by atoms with Crippen LogP contribution >= 0.6 is 0 Å². The number of hydrogen-bond donors (Lipinski definition) is 0. The molecule has 0 saturated heterocycles. The van der Waals surface area contributed by atoms with E-state index in [2.05, 4.69) is 4.74 Å². The van der Waals surface area contributed by atoms with Gasteiger partial charge in [0.05, 0.1) is 18.2 Å². The summed E-state index contributed by atoms with van der Waals surface area (Å²) >= 11 is 0. The van der Waals surface area contributed by atoms with Crippen molar-refractivity contribution >= 4 is 11.8 Å². The summed E-state index contributed by atoms with van der Waals surface area (Å²) in [6.45, 7) is 1.89. The third-order valence-corrected chi connectivity index (χ3v) is 2.79. The minimum Gasteiger partial charge on any atom is -0.465 e. The first-order valence-corrected chi connectivity index (χ1v) is 5.31. The highest BCUT2D eigenvalue weighted by atomic mass is 16.5. The lowest BCUT2D eigenvalue weighted by atomic mass is 9.86. The van der Waals surface area contributed by atoms with E-state index >= 15 is 0 Å². The Bertz CT molecular complexity index is 540. The van der Waals surface area contributed by atoms with Crippen molar-refractivity contribution in [2.75, 3.05) is 7.11 Å². The Balaban J connectivity index is 2.66. The molecule has 1 aromatic heterocycles. The number of Topliss-reactive ketones (excluding diaryl/α,β-unsaturated/α-hetero) is 1. The molecule has 1 atom stereocenters. The van der Waals surface area contributed by atoms with E-state index in [1.54, 1.807) is 0 Å². The Morgan fingerprint density at radius 2 is 2.12 bits per heavy atom. The molecule has 5 heteroatoms. The molecule has 17 heavy (non-hydrogen) atoms. The zero-order chi connectivity index (χ0) is 12.6. The van der Waals surface area contributed by atoms with Crippen molar-refractivity contribution in [2.45, 2.75) is 19.8 Å². The quantitative estimate of drug-likeness (QED) is 0.685. The topological polar surface area (TPSA) is 73.6 Å². The maximum absolute atomic E-state index is 11.9. The van der Waals surface area contributed by atoms with Crippen molar-refractivity contribution in [1.82, 2.24) is 0 Å². The van der Waals surface area contributed by atoms with Crippen LogP contribution in [0.3, 0.4) is 0 Å². The SMILES string of the molecule is COC(=O)c1cc(=O)oc2c1C(=O)CC(C)C2. The van der Waals surface area contributed by atoms with Crippen LogP contribution in [-0.2, 0) is 11.2 Å². The normalized spacial score (nSPS) is 18.7. The van der Waals surface area contributed by atoms with Gasteiger partial charge in [-0.1, -0.05) is 6.92 Å². The van der Waals surface area contributed by atoms with E-state index in [1.165, 1.54) is 7.11 Å². The molecule has 0 saturated carbocycles. The Labute approximate surface area is 97.4 Å². The van der Waals surface area contributed by atoms with Gasteiger partial charge in [0.25, 0.3) is 0 Å². The first kappa shape index (κ1) is 11.6. The molecule has 5 nitrogen and oxygen atoms in total. The molecule has 2 rings (SSSR count). The molecular weight excluding hydrogens is 224 g/mol. The summed E-state index contributed by atoms with van der Waals surface area (Å²) in [5.41, 5.74) is -0.420. The average Bonchev–Trinajstić information content (AvgIpc) is 2.25. The first-order valence-electron chi connectivity index (χ1n) is 5.31. The molecule has 0 spiro atoms. The van der Waals surface area contributed by atoms with Crippen molar-refractivity contribution < 1.29 is 18.7 Å². The molecule has 0 aromatic carbocycles. The molecule has 90 valence electrons. The zero-order valence-electron chi connectivity index (χ0n) is 9.61. The number of carbonyl (C=O) groups is 2. The fourth-order valence-electron chi connectivity index (χ4n) is 2.07. The molecule has 1 unspecified atom stereocenters. The van der Waals surface area contributed by atoms with Crippen LogP contribution in [0.4, 0.5) is 0 Å². The smallest absolute Gasteiger partial charge is 0.338 e. The summed E-state index contributed by atoms with van der Waals surface area (Å²) in [7, 11) is 1.21. The number of esters is 1. The summed E-state index contributed by atoms with van der Waals surface area (Å²) in [4.78, 5) is 34.7. The monoisotopic (exact) mass is 236 g/mol. The molecule has 0 N–H and O–H groups in total. The van der Waals surface area contributed by atoms with E-state index in [0.29, 0.717) is 18.6 Å². The molecule has 0 bridgehead atoms. The predicted octanol–water partition coefficient (Wildman–Crippen LogP) is 1.19. The molecule has 0 fully saturated rings. The van der Waals surface area contributed by atoms with Crippen LogP contribution in [0.25, 0.3) is 0 Å². The minimum absolute atomic E-state index is 0.00986. The second-order valence-electron chi connectivity index (χ2n) is 4.21. The van der Waals surface area contributed by atoms with E-state index in [1.807, 2.05) is 6.92 Å². The lowest BCUT2D eigenvalue weighted by Gasteiger charge is -2.19. The second-order valence-corrected chi connectivity index (χ2v) is 4.21. The van der Waals surface area contributed by atoms with Crippen molar-refractivity contribution in [1.29, 1.82) is 0 Å². The lowest BCUT2D eigenvalue weighted by molar-refractivity contribution is 0.0593. The van der Waals surface area contributed by atoms with E-state index in [9.17, 15) is 14.4 Å². The van der Waals surface area contributed by atoms with Gasteiger partial charge >= 0.3 is 11.6 Å². The predicted molar refractivity (Wildman–Crippen MR) is 58.1 cm³/mol. The highest BCUT2D eigenvalue weighted by Gasteiger charge is 2.30. The van der Waals surface area contributed by atoms with Gasteiger partial charge in [-0.25, -0.2) is 9.59 Å². The molecule has 0 amide bonds. The summed E-state index contributed by atoms with van der Waals surface area (Å²) in [6.07, 6.45) is 0.839.